The average molecular weight is 227 g/mol. The second-order valence-corrected chi connectivity index (χ2v) is 4.90. The van der Waals surface area contributed by atoms with Crippen molar-refractivity contribution in [2.24, 2.45) is 7.05 Å². The van der Waals surface area contributed by atoms with Gasteiger partial charge in [-0.1, -0.05) is 6.92 Å². The molecule has 0 aliphatic rings. The summed E-state index contributed by atoms with van der Waals surface area (Å²) in [4.78, 5) is 0. The van der Waals surface area contributed by atoms with E-state index < -0.39 is 0 Å². The fourth-order valence-electron chi connectivity index (χ4n) is 1.44. The molecule has 0 saturated carbocycles. The van der Waals surface area contributed by atoms with E-state index >= 15 is 0 Å². The van der Waals surface area contributed by atoms with Crippen LogP contribution in [-0.4, -0.2) is 34.4 Å². The van der Waals surface area contributed by atoms with Crippen LogP contribution >= 0.6 is 11.8 Å². The van der Waals surface area contributed by atoms with Crippen LogP contribution < -0.4 is 5.32 Å². The normalized spacial score (nSPS) is 13.0. The van der Waals surface area contributed by atoms with E-state index in [1.165, 1.54) is 23.6 Å². The summed E-state index contributed by atoms with van der Waals surface area (Å²) in [5, 5.41) is 7.74. The summed E-state index contributed by atoms with van der Waals surface area (Å²) in [5.41, 5.74) is 1.17. The summed E-state index contributed by atoms with van der Waals surface area (Å²) >= 11 is 2.01. The van der Waals surface area contributed by atoms with Gasteiger partial charge in [-0.3, -0.25) is 4.68 Å². The minimum Gasteiger partial charge on any atom is -0.316 e. The molecule has 0 aliphatic heterocycles. The number of rotatable bonds is 7. The van der Waals surface area contributed by atoms with E-state index in [-0.39, 0.29) is 0 Å². The van der Waals surface area contributed by atoms with E-state index in [9.17, 15) is 0 Å². The molecular formula is C11H21N3S. The number of aromatic nitrogens is 2. The van der Waals surface area contributed by atoms with Gasteiger partial charge in [0.15, 0.2) is 0 Å². The highest BCUT2D eigenvalue weighted by Crippen LogP contribution is 2.08. The van der Waals surface area contributed by atoms with Gasteiger partial charge in [-0.05, 0) is 25.3 Å². The van der Waals surface area contributed by atoms with Gasteiger partial charge in [0, 0.05) is 31.5 Å². The smallest absolute Gasteiger partial charge is 0.0640 e. The van der Waals surface area contributed by atoms with Crippen molar-refractivity contribution in [2.75, 3.05) is 18.6 Å². The lowest BCUT2D eigenvalue weighted by Gasteiger charge is -2.13. The molecule has 15 heavy (non-hydrogen) atoms. The molecule has 1 N–H and O–H groups in total. The standard InChI is InChI=1S/C11H21N3S/c1-4-7-15-9-11(12-2)8-10-5-6-14(3)13-10/h5-6,11-12H,4,7-9H2,1-3H3. The molecule has 86 valence electrons. The molecule has 1 atom stereocenters. The maximum absolute atomic E-state index is 4.39. The van der Waals surface area contributed by atoms with Crippen LogP contribution in [0.3, 0.4) is 0 Å². The molecule has 1 rings (SSSR count). The Morgan fingerprint density at radius 2 is 2.40 bits per heavy atom. The number of nitrogens with zero attached hydrogens (tertiary/aromatic N) is 2. The second-order valence-electron chi connectivity index (χ2n) is 3.75. The van der Waals surface area contributed by atoms with Crippen LogP contribution in [0, 0.1) is 0 Å². The molecule has 0 aliphatic carbocycles. The van der Waals surface area contributed by atoms with Crippen molar-refractivity contribution >= 4 is 11.8 Å². The number of nitrogens with one attached hydrogen (secondary N) is 1. The summed E-state index contributed by atoms with van der Waals surface area (Å²) in [7, 11) is 3.99. The minimum atomic E-state index is 0.538. The van der Waals surface area contributed by atoms with E-state index in [1.807, 2.05) is 36.7 Å². The first-order valence-corrected chi connectivity index (χ1v) is 6.65. The van der Waals surface area contributed by atoms with Crippen molar-refractivity contribution in [1.82, 2.24) is 15.1 Å². The Kier molecular flexibility index (Phi) is 5.79. The SMILES string of the molecule is CCCSCC(Cc1ccn(C)n1)NC. The first kappa shape index (κ1) is 12.6. The Bertz CT molecular complexity index is 273. The summed E-state index contributed by atoms with van der Waals surface area (Å²) in [6.07, 6.45) is 4.28. The lowest BCUT2D eigenvalue weighted by molar-refractivity contribution is 0.600. The fraction of sp³-hybridized carbons (Fsp3) is 0.727. The zero-order valence-electron chi connectivity index (χ0n) is 9.86. The highest BCUT2D eigenvalue weighted by molar-refractivity contribution is 7.99. The van der Waals surface area contributed by atoms with Crippen LogP contribution in [0.2, 0.25) is 0 Å². The van der Waals surface area contributed by atoms with Gasteiger partial charge >= 0.3 is 0 Å². The Hall–Kier alpha value is -0.480. The molecule has 1 unspecified atom stereocenters. The van der Waals surface area contributed by atoms with E-state index in [0.717, 1.165) is 6.42 Å². The zero-order chi connectivity index (χ0) is 11.1. The Balaban J connectivity index is 2.33. The summed E-state index contributed by atoms with van der Waals surface area (Å²) in [5.74, 6) is 2.42. The van der Waals surface area contributed by atoms with Crippen LogP contribution in [0.1, 0.15) is 19.0 Å². The third-order valence-electron chi connectivity index (χ3n) is 2.30. The third-order valence-corrected chi connectivity index (χ3v) is 3.64. The van der Waals surface area contributed by atoms with Crippen LogP contribution in [0.5, 0.6) is 0 Å². The maximum Gasteiger partial charge on any atom is 0.0640 e. The van der Waals surface area contributed by atoms with Gasteiger partial charge in [-0.15, -0.1) is 0 Å². The van der Waals surface area contributed by atoms with Crippen LogP contribution in [0.15, 0.2) is 12.3 Å². The van der Waals surface area contributed by atoms with Crippen molar-refractivity contribution in [2.45, 2.75) is 25.8 Å². The number of hydrogen-bond acceptors (Lipinski definition) is 3. The maximum atomic E-state index is 4.39. The van der Waals surface area contributed by atoms with E-state index in [1.54, 1.807) is 0 Å². The molecule has 3 nitrogen and oxygen atoms in total. The van der Waals surface area contributed by atoms with Crippen molar-refractivity contribution in [1.29, 1.82) is 0 Å². The van der Waals surface area contributed by atoms with Gasteiger partial charge < -0.3 is 5.32 Å². The Morgan fingerprint density at radius 3 is 2.93 bits per heavy atom. The number of thioether (sulfide) groups is 1. The first-order chi connectivity index (χ1) is 7.26. The third kappa shape index (κ3) is 4.71. The van der Waals surface area contributed by atoms with Crippen LogP contribution in [-0.2, 0) is 13.5 Å². The van der Waals surface area contributed by atoms with E-state index in [2.05, 4.69) is 23.4 Å². The van der Waals surface area contributed by atoms with Crippen LogP contribution in [0.25, 0.3) is 0 Å². The largest absolute Gasteiger partial charge is 0.316 e. The molecule has 1 aromatic rings. The topological polar surface area (TPSA) is 29.9 Å². The summed E-state index contributed by atoms with van der Waals surface area (Å²) in [6.45, 7) is 2.22. The fourth-order valence-corrected chi connectivity index (χ4v) is 2.46. The lowest BCUT2D eigenvalue weighted by Crippen LogP contribution is -2.30. The first-order valence-electron chi connectivity index (χ1n) is 5.49. The highest BCUT2D eigenvalue weighted by atomic mass is 32.2. The molecule has 4 heteroatoms. The molecular weight excluding hydrogens is 206 g/mol. The zero-order valence-corrected chi connectivity index (χ0v) is 10.7. The molecule has 0 saturated heterocycles. The van der Waals surface area contributed by atoms with Gasteiger partial charge in [0.05, 0.1) is 5.69 Å². The van der Waals surface area contributed by atoms with Gasteiger partial charge in [0.2, 0.25) is 0 Å². The molecule has 0 aromatic carbocycles. The number of likely N-dealkylation sites (N-methyl/N-ethyl adjacent to an activating group) is 1. The molecule has 1 heterocycles. The number of aryl methyl sites for hydroxylation is 1. The van der Waals surface area contributed by atoms with E-state index in [0.29, 0.717) is 6.04 Å². The van der Waals surface area contributed by atoms with Crippen molar-refractivity contribution in [3.63, 3.8) is 0 Å². The van der Waals surface area contributed by atoms with Crippen molar-refractivity contribution < 1.29 is 0 Å². The Morgan fingerprint density at radius 1 is 1.60 bits per heavy atom. The summed E-state index contributed by atoms with van der Waals surface area (Å²) < 4.78 is 1.86. The van der Waals surface area contributed by atoms with Gasteiger partial charge in [-0.2, -0.15) is 16.9 Å². The Labute approximate surface area is 96.6 Å². The monoisotopic (exact) mass is 227 g/mol. The van der Waals surface area contributed by atoms with E-state index in [4.69, 9.17) is 0 Å². The molecule has 1 aromatic heterocycles. The second kappa shape index (κ2) is 6.90. The molecule has 0 fully saturated rings. The predicted octanol–water partition coefficient (Wildman–Crippen LogP) is 1.69. The van der Waals surface area contributed by atoms with Gasteiger partial charge in [0.1, 0.15) is 0 Å². The molecule has 0 radical (unpaired) electrons. The molecule has 0 amide bonds. The lowest BCUT2D eigenvalue weighted by atomic mass is 10.2. The quantitative estimate of drug-likeness (QED) is 0.719. The van der Waals surface area contributed by atoms with Crippen molar-refractivity contribution in [3.8, 4) is 0 Å². The average Bonchev–Trinajstić information content (AvgIpc) is 2.63. The molecule has 0 bridgehead atoms. The summed E-state index contributed by atoms with van der Waals surface area (Å²) in [6, 6.07) is 2.63. The molecule has 0 spiro atoms. The van der Waals surface area contributed by atoms with Crippen molar-refractivity contribution in [3.05, 3.63) is 18.0 Å². The highest BCUT2D eigenvalue weighted by Gasteiger charge is 2.08. The predicted molar refractivity (Wildman–Crippen MR) is 67.4 cm³/mol. The van der Waals surface area contributed by atoms with Crippen LogP contribution in [0.4, 0.5) is 0 Å². The van der Waals surface area contributed by atoms with Gasteiger partial charge in [-0.25, -0.2) is 0 Å². The van der Waals surface area contributed by atoms with Gasteiger partial charge in [0.25, 0.3) is 0 Å². The number of hydrogen-bond donors (Lipinski definition) is 1. The minimum absolute atomic E-state index is 0.538.